The number of alkyl halides is 6. The quantitative estimate of drug-likeness (QED) is 0.311. The van der Waals surface area contributed by atoms with E-state index in [1.54, 1.807) is 0 Å². The number of aliphatic imine (C=N–C) groups is 1. The number of rotatable bonds is 6. The Morgan fingerprint density at radius 2 is 1.91 bits per heavy atom. The highest BCUT2D eigenvalue weighted by molar-refractivity contribution is 8.00. The summed E-state index contributed by atoms with van der Waals surface area (Å²) in [6, 6.07) is 3.58. The van der Waals surface area contributed by atoms with E-state index in [9.17, 15) is 34.8 Å². The fourth-order valence-corrected chi connectivity index (χ4v) is 4.62. The molecule has 0 amide bonds. The average molecular weight is 514 g/mol. The van der Waals surface area contributed by atoms with Gasteiger partial charge in [-0.1, -0.05) is 6.92 Å². The van der Waals surface area contributed by atoms with Crippen LogP contribution in [0.25, 0.3) is 16.8 Å². The summed E-state index contributed by atoms with van der Waals surface area (Å²) >= 11 is -0.341. The molecule has 0 bridgehead atoms. The Balaban J connectivity index is 2.00. The summed E-state index contributed by atoms with van der Waals surface area (Å²) in [4.78, 5) is 7.68. The molecular weight excluding hydrogens is 498 g/mol. The molecule has 7 nitrogen and oxygen atoms in total. The van der Waals surface area contributed by atoms with Crippen molar-refractivity contribution in [2.75, 3.05) is 19.3 Å². The van der Waals surface area contributed by atoms with E-state index < -0.39 is 28.1 Å². The molecule has 0 fully saturated rings. The summed E-state index contributed by atoms with van der Waals surface area (Å²) in [5.74, 6) is -0.579. The van der Waals surface area contributed by atoms with Crippen LogP contribution in [-0.4, -0.2) is 61.4 Å². The number of hydrogen-bond acceptors (Lipinski definition) is 8. The molecule has 1 aromatic heterocycles. The minimum absolute atomic E-state index is 0.0301. The highest BCUT2D eigenvalue weighted by Gasteiger charge is 2.32. The van der Waals surface area contributed by atoms with Gasteiger partial charge in [0.15, 0.2) is 15.4 Å². The molecule has 0 aliphatic carbocycles. The molecule has 0 spiro atoms. The van der Waals surface area contributed by atoms with Crippen molar-refractivity contribution < 1.29 is 39.2 Å². The summed E-state index contributed by atoms with van der Waals surface area (Å²) in [5, 5.41) is 4.37. The van der Waals surface area contributed by atoms with Crippen molar-refractivity contribution in [1.82, 2.24) is 9.99 Å². The van der Waals surface area contributed by atoms with Crippen molar-refractivity contribution in [2.24, 2.45) is 10.1 Å². The third-order valence-corrected chi connectivity index (χ3v) is 6.78. The first-order valence-electron chi connectivity index (χ1n) is 9.19. The highest BCUT2D eigenvalue weighted by Crippen LogP contribution is 2.38. The van der Waals surface area contributed by atoms with E-state index in [0.29, 0.717) is 5.01 Å². The predicted octanol–water partition coefficient (Wildman–Crippen LogP) is 4.87. The van der Waals surface area contributed by atoms with Gasteiger partial charge in [0.05, 0.1) is 22.6 Å². The smallest absolute Gasteiger partial charge is 0.435 e. The summed E-state index contributed by atoms with van der Waals surface area (Å²) in [7, 11) is -2.82. The van der Waals surface area contributed by atoms with E-state index in [2.05, 4.69) is 15.1 Å². The van der Waals surface area contributed by atoms with E-state index in [0.717, 1.165) is 19.3 Å². The fourth-order valence-electron chi connectivity index (χ4n) is 2.89. The first kappa shape index (κ1) is 25.1. The Morgan fingerprint density at radius 1 is 1.21 bits per heavy atom. The van der Waals surface area contributed by atoms with Crippen molar-refractivity contribution in [3.05, 3.63) is 29.0 Å². The van der Waals surface area contributed by atoms with Crippen LogP contribution in [0.2, 0.25) is 0 Å². The van der Waals surface area contributed by atoms with Crippen LogP contribution in [0.5, 0.6) is 0 Å². The lowest BCUT2D eigenvalue weighted by Crippen LogP contribution is -2.29. The molecule has 0 saturated carbocycles. The van der Waals surface area contributed by atoms with Crippen molar-refractivity contribution >= 4 is 50.3 Å². The molecule has 0 saturated heterocycles. The molecule has 1 aromatic carbocycles. The predicted molar refractivity (Wildman–Crippen MR) is 112 cm³/mol. The SMILES string of the molecule is CCS(=O)(=O)C1=C(c2nc3cc(SC(F)(F)F)ccc3o2)N=CC(=NN(C)CC(F)(F)F)C1. The molecule has 0 radical (unpaired) electrons. The Morgan fingerprint density at radius 3 is 2.52 bits per heavy atom. The van der Waals surface area contributed by atoms with E-state index in [1.165, 1.54) is 19.1 Å². The lowest BCUT2D eigenvalue weighted by atomic mass is 10.2. The van der Waals surface area contributed by atoms with Crippen molar-refractivity contribution in [3.8, 4) is 0 Å². The number of fused-ring (bicyclic) bond motifs is 1. The number of hydrogen-bond donors (Lipinski definition) is 0. The molecule has 1 aliphatic rings. The van der Waals surface area contributed by atoms with Gasteiger partial charge in [-0.3, -0.25) is 5.01 Å². The van der Waals surface area contributed by atoms with Gasteiger partial charge in [0.2, 0.25) is 5.89 Å². The second-order valence-electron chi connectivity index (χ2n) is 6.83. The van der Waals surface area contributed by atoms with Crippen LogP contribution in [0.4, 0.5) is 26.3 Å². The minimum atomic E-state index is -4.51. The topological polar surface area (TPSA) is 88.1 Å². The number of allylic oxidation sites excluding steroid dienone is 1. The maximum Gasteiger partial charge on any atom is 0.446 e. The molecule has 15 heteroatoms. The van der Waals surface area contributed by atoms with Crippen LogP contribution < -0.4 is 0 Å². The summed E-state index contributed by atoms with van der Waals surface area (Å²) < 4.78 is 106. The Hall–Kier alpha value is -2.55. The minimum Gasteiger partial charge on any atom is -0.435 e. The van der Waals surface area contributed by atoms with Gasteiger partial charge in [-0.05, 0) is 30.0 Å². The average Bonchev–Trinajstić information content (AvgIpc) is 3.08. The highest BCUT2D eigenvalue weighted by atomic mass is 32.2. The van der Waals surface area contributed by atoms with Gasteiger partial charge in [0.25, 0.3) is 0 Å². The molecule has 2 heterocycles. The van der Waals surface area contributed by atoms with Crippen LogP contribution in [-0.2, 0) is 9.84 Å². The van der Waals surface area contributed by atoms with Gasteiger partial charge in [0, 0.05) is 18.4 Å². The van der Waals surface area contributed by atoms with Gasteiger partial charge in [-0.2, -0.15) is 31.4 Å². The largest absolute Gasteiger partial charge is 0.446 e. The molecule has 180 valence electrons. The van der Waals surface area contributed by atoms with Gasteiger partial charge < -0.3 is 4.42 Å². The van der Waals surface area contributed by atoms with E-state index in [1.807, 2.05) is 0 Å². The van der Waals surface area contributed by atoms with Gasteiger partial charge in [0.1, 0.15) is 17.8 Å². The van der Waals surface area contributed by atoms with Gasteiger partial charge in [-0.15, -0.1) is 0 Å². The number of hydrazone groups is 1. The van der Waals surface area contributed by atoms with Crippen molar-refractivity contribution in [3.63, 3.8) is 0 Å². The molecule has 0 unspecified atom stereocenters. The van der Waals surface area contributed by atoms with Crippen LogP contribution in [0.1, 0.15) is 19.2 Å². The van der Waals surface area contributed by atoms with Gasteiger partial charge in [-0.25, -0.2) is 18.4 Å². The summed E-state index contributed by atoms with van der Waals surface area (Å²) in [6.07, 6.45) is -3.77. The molecule has 0 N–H and O–H groups in total. The van der Waals surface area contributed by atoms with E-state index in [-0.39, 0.29) is 62.1 Å². The number of halogens is 6. The third kappa shape index (κ3) is 6.50. The van der Waals surface area contributed by atoms with E-state index in [4.69, 9.17) is 4.42 Å². The standard InChI is InChI=1S/C18H16F6N4O3S2/c1-3-33(29,30)14-6-10(27-28(2)9-17(19,20)21)8-25-15(14)16-26-12-7-11(32-18(22,23)24)4-5-13(12)31-16/h4-5,7-8H,3,6,9H2,1-2H3. The zero-order valence-corrected chi connectivity index (χ0v) is 18.7. The Bertz CT molecular complexity index is 1250. The lowest BCUT2D eigenvalue weighted by Gasteiger charge is -2.19. The zero-order chi connectivity index (χ0) is 24.6. The molecule has 3 rings (SSSR count). The lowest BCUT2D eigenvalue weighted by molar-refractivity contribution is -0.142. The molecule has 1 aliphatic heterocycles. The van der Waals surface area contributed by atoms with Crippen LogP contribution in [0, 0.1) is 0 Å². The first-order valence-corrected chi connectivity index (χ1v) is 11.7. The summed E-state index contributed by atoms with van der Waals surface area (Å²) in [6.45, 7) is 0.0255. The molecule has 0 atom stereocenters. The third-order valence-electron chi connectivity index (χ3n) is 4.21. The molecule has 2 aromatic rings. The van der Waals surface area contributed by atoms with Crippen LogP contribution in [0.15, 0.2) is 42.5 Å². The fraction of sp³-hybridized carbons (Fsp3) is 0.389. The second kappa shape index (κ2) is 9.00. The monoisotopic (exact) mass is 514 g/mol. The van der Waals surface area contributed by atoms with Crippen molar-refractivity contribution in [1.29, 1.82) is 0 Å². The number of oxazole rings is 1. The van der Waals surface area contributed by atoms with Gasteiger partial charge >= 0.3 is 11.7 Å². The Kier molecular flexibility index (Phi) is 6.84. The number of nitrogens with zero attached hydrogens (tertiary/aromatic N) is 4. The maximum atomic E-state index is 12.6. The number of thioether (sulfide) groups is 1. The number of sulfone groups is 1. The summed E-state index contributed by atoms with van der Waals surface area (Å²) in [5.41, 5.74) is -4.56. The second-order valence-corrected chi connectivity index (χ2v) is 10.3. The van der Waals surface area contributed by atoms with Crippen LogP contribution in [0.3, 0.4) is 0 Å². The number of aromatic nitrogens is 1. The number of benzene rings is 1. The first-order chi connectivity index (χ1) is 15.2. The maximum absolute atomic E-state index is 12.6. The Labute approximate surface area is 188 Å². The normalized spacial score (nSPS) is 16.8. The molecule has 33 heavy (non-hydrogen) atoms. The van der Waals surface area contributed by atoms with Crippen LogP contribution >= 0.6 is 11.8 Å². The zero-order valence-electron chi connectivity index (χ0n) is 17.0. The van der Waals surface area contributed by atoms with E-state index >= 15 is 0 Å². The molecular formula is C18H16F6N4O3S2. The van der Waals surface area contributed by atoms with Crippen molar-refractivity contribution in [2.45, 2.75) is 29.9 Å².